The molecule has 1 rings (SSSR count). The summed E-state index contributed by atoms with van der Waals surface area (Å²) in [6.45, 7) is 3.80. The van der Waals surface area contributed by atoms with E-state index >= 15 is 0 Å². The van der Waals surface area contributed by atoms with Gasteiger partial charge in [0.2, 0.25) is 0 Å². The predicted molar refractivity (Wildman–Crippen MR) is 68.0 cm³/mol. The lowest BCUT2D eigenvalue weighted by atomic mass is 9.94. The van der Waals surface area contributed by atoms with Gasteiger partial charge in [0, 0.05) is 5.92 Å². The zero-order valence-corrected chi connectivity index (χ0v) is 11.6. The molecule has 0 aliphatic carbocycles. The van der Waals surface area contributed by atoms with Crippen molar-refractivity contribution in [2.75, 3.05) is 13.2 Å². The van der Waals surface area contributed by atoms with Gasteiger partial charge in [-0.3, -0.25) is 4.79 Å². The Kier molecular flexibility index (Phi) is 5.60. The maximum Gasteiger partial charge on any atom is 0.426 e. The van der Waals surface area contributed by atoms with Crippen molar-refractivity contribution in [1.29, 1.82) is 0 Å². The minimum Gasteiger partial charge on any atom is -0.466 e. The summed E-state index contributed by atoms with van der Waals surface area (Å²) in [5, 5.41) is 19.8. The first-order chi connectivity index (χ1) is 9.42. The van der Waals surface area contributed by atoms with Crippen LogP contribution in [0.2, 0.25) is 0 Å². The molecule has 114 valence electrons. The van der Waals surface area contributed by atoms with Gasteiger partial charge in [0.25, 0.3) is 0 Å². The lowest BCUT2D eigenvalue weighted by molar-refractivity contribution is -0.144. The van der Waals surface area contributed by atoms with Crippen LogP contribution in [0.4, 0.5) is 9.59 Å². The number of hydrazine groups is 1. The third kappa shape index (κ3) is 3.52. The summed E-state index contributed by atoms with van der Waals surface area (Å²) in [5.74, 6) is -0.808. The molecular weight excluding hydrogens is 268 g/mol. The van der Waals surface area contributed by atoms with Crippen molar-refractivity contribution in [3.05, 3.63) is 0 Å². The maximum absolute atomic E-state index is 11.5. The van der Waals surface area contributed by atoms with Crippen molar-refractivity contribution in [3.8, 4) is 0 Å². The molecule has 2 amide bonds. The maximum atomic E-state index is 11.5. The molecule has 0 bridgehead atoms. The van der Waals surface area contributed by atoms with Crippen LogP contribution in [0.25, 0.3) is 0 Å². The van der Waals surface area contributed by atoms with Crippen LogP contribution in [-0.4, -0.2) is 57.6 Å². The Bertz CT molecular complexity index is 386. The average molecular weight is 288 g/mol. The van der Waals surface area contributed by atoms with Crippen LogP contribution in [0.5, 0.6) is 0 Å². The van der Waals surface area contributed by atoms with Crippen molar-refractivity contribution in [2.24, 2.45) is 5.92 Å². The molecule has 8 heteroatoms. The molecule has 0 radical (unpaired) electrons. The minimum absolute atomic E-state index is 0.00882. The zero-order chi connectivity index (χ0) is 15.3. The number of hydrogen-bond acceptors (Lipinski definition) is 4. The van der Waals surface area contributed by atoms with E-state index in [-0.39, 0.29) is 25.5 Å². The lowest BCUT2D eigenvalue weighted by Gasteiger charge is -2.27. The van der Waals surface area contributed by atoms with Gasteiger partial charge >= 0.3 is 18.2 Å². The van der Waals surface area contributed by atoms with Crippen LogP contribution in [0.3, 0.4) is 0 Å². The summed E-state index contributed by atoms with van der Waals surface area (Å²) in [6, 6.07) is -0.516. The lowest BCUT2D eigenvalue weighted by Crippen LogP contribution is -2.47. The molecular formula is C12H20N2O6. The van der Waals surface area contributed by atoms with E-state index in [1.165, 1.54) is 0 Å². The normalized spacial score (nSPS) is 21.9. The monoisotopic (exact) mass is 288 g/mol. The van der Waals surface area contributed by atoms with E-state index in [4.69, 9.17) is 9.84 Å². The fraction of sp³-hybridized carbons (Fsp3) is 0.750. The van der Waals surface area contributed by atoms with Crippen LogP contribution >= 0.6 is 0 Å². The molecule has 0 aromatic heterocycles. The molecule has 1 aliphatic rings. The van der Waals surface area contributed by atoms with Crippen molar-refractivity contribution >= 4 is 18.2 Å². The Balaban J connectivity index is 2.90. The molecule has 1 heterocycles. The third-order valence-electron chi connectivity index (χ3n) is 3.26. The number of carbonyl (C=O) groups excluding carboxylic acids is 1. The van der Waals surface area contributed by atoms with E-state index in [0.717, 1.165) is 10.0 Å². The highest BCUT2D eigenvalue weighted by Crippen LogP contribution is 2.30. The van der Waals surface area contributed by atoms with E-state index in [0.29, 0.717) is 12.8 Å². The van der Waals surface area contributed by atoms with Gasteiger partial charge in [-0.2, -0.15) is 0 Å². The summed E-state index contributed by atoms with van der Waals surface area (Å²) in [4.78, 5) is 33.9. The number of ether oxygens (including phenoxy) is 1. The number of amides is 2. The number of rotatable bonds is 5. The summed E-state index contributed by atoms with van der Waals surface area (Å²) < 4.78 is 4.85. The fourth-order valence-electron chi connectivity index (χ4n) is 2.51. The Hall–Kier alpha value is -1.99. The van der Waals surface area contributed by atoms with E-state index in [2.05, 4.69) is 0 Å². The first-order valence-electron chi connectivity index (χ1n) is 6.60. The number of esters is 1. The number of carboxylic acid groups (broad SMARTS) is 2. The number of carbonyl (C=O) groups is 3. The average Bonchev–Trinajstić information content (AvgIpc) is 2.69. The predicted octanol–water partition coefficient (Wildman–Crippen LogP) is 1.61. The molecule has 1 aliphatic heterocycles. The Morgan fingerprint density at radius 1 is 1.20 bits per heavy atom. The van der Waals surface area contributed by atoms with Crippen molar-refractivity contribution in [1.82, 2.24) is 10.0 Å². The summed E-state index contributed by atoms with van der Waals surface area (Å²) in [7, 11) is 0. The van der Waals surface area contributed by atoms with Gasteiger partial charge in [-0.15, -0.1) is 0 Å². The second kappa shape index (κ2) is 6.97. The number of hydrogen-bond donors (Lipinski definition) is 2. The van der Waals surface area contributed by atoms with Crippen LogP contribution in [-0.2, 0) is 9.53 Å². The highest BCUT2D eigenvalue weighted by atomic mass is 16.5. The largest absolute Gasteiger partial charge is 0.466 e. The standard InChI is InChI=1S/C12H20N2O6/c1-3-5-9-8(6-10(15)20-4-2)7-13(11(16)17)14(9)12(18)19/h8-9H,3-7H2,1-2H3,(H,16,17)(H,18,19)/t8-,9+/m0/s1. The summed E-state index contributed by atoms with van der Waals surface area (Å²) >= 11 is 0. The van der Waals surface area contributed by atoms with E-state index in [9.17, 15) is 19.5 Å². The molecule has 0 spiro atoms. The molecule has 0 aromatic carbocycles. The van der Waals surface area contributed by atoms with Gasteiger partial charge in [-0.05, 0) is 13.3 Å². The molecule has 0 saturated carbocycles. The third-order valence-corrected chi connectivity index (χ3v) is 3.26. The van der Waals surface area contributed by atoms with Crippen LogP contribution in [0.15, 0.2) is 0 Å². The second-order valence-electron chi connectivity index (χ2n) is 4.62. The second-order valence-corrected chi connectivity index (χ2v) is 4.62. The van der Waals surface area contributed by atoms with Crippen LogP contribution < -0.4 is 0 Å². The topological polar surface area (TPSA) is 107 Å². The highest BCUT2D eigenvalue weighted by Gasteiger charge is 2.45. The molecule has 2 atom stereocenters. The molecule has 1 fully saturated rings. The first-order valence-corrected chi connectivity index (χ1v) is 6.60. The van der Waals surface area contributed by atoms with E-state index in [1.807, 2.05) is 6.92 Å². The fourth-order valence-corrected chi connectivity index (χ4v) is 2.51. The molecule has 8 nitrogen and oxygen atoms in total. The van der Waals surface area contributed by atoms with Gasteiger partial charge in [0.05, 0.1) is 25.6 Å². The molecule has 20 heavy (non-hydrogen) atoms. The van der Waals surface area contributed by atoms with Gasteiger partial charge < -0.3 is 14.9 Å². The number of nitrogens with zero attached hydrogens (tertiary/aromatic N) is 2. The summed E-state index contributed by atoms with van der Waals surface area (Å²) in [5.41, 5.74) is 0. The van der Waals surface area contributed by atoms with Gasteiger partial charge in [-0.25, -0.2) is 19.6 Å². The summed E-state index contributed by atoms with van der Waals surface area (Å²) in [6.07, 6.45) is -1.44. The highest BCUT2D eigenvalue weighted by molar-refractivity contribution is 5.74. The Morgan fingerprint density at radius 2 is 1.85 bits per heavy atom. The van der Waals surface area contributed by atoms with E-state index < -0.39 is 24.2 Å². The van der Waals surface area contributed by atoms with Crippen molar-refractivity contribution in [2.45, 2.75) is 39.2 Å². The van der Waals surface area contributed by atoms with Crippen molar-refractivity contribution < 1.29 is 29.3 Å². The first kappa shape index (κ1) is 16.1. The molecule has 0 aromatic rings. The Labute approximate surface area is 116 Å². The van der Waals surface area contributed by atoms with E-state index in [1.54, 1.807) is 6.92 Å². The van der Waals surface area contributed by atoms with Gasteiger partial charge in [0.15, 0.2) is 0 Å². The van der Waals surface area contributed by atoms with Crippen LogP contribution in [0, 0.1) is 5.92 Å². The minimum atomic E-state index is -1.33. The van der Waals surface area contributed by atoms with Gasteiger partial charge in [0.1, 0.15) is 0 Å². The zero-order valence-electron chi connectivity index (χ0n) is 11.6. The molecule has 2 N–H and O–H groups in total. The molecule has 1 saturated heterocycles. The smallest absolute Gasteiger partial charge is 0.426 e. The van der Waals surface area contributed by atoms with Gasteiger partial charge in [-0.1, -0.05) is 13.3 Å². The SMILES string of the molecule is CCC[C@@H]1[C@@H](CC(=O)OCC)CN(C(=O)O)N1C(=O)O. The van der Waals surface area contributed by atoms with Crippen molar-refractivity contribution in [3.63, 3.8) is 0 Å². The molecule has 0 unspecified atom stereocenters. The van der Waals surface area contributed by atoms with Crippen LogP contribution in [0.1, 0.15) is 33.1 Å². The Morgan fingerprint density at radius 3 is 2.30 bits per heavy atom. The quantitative estimate of drug-likeness (QED) is 0.744.